The number of unbranched alkanes of at least 4 members (excludes halogenated alkanes) is 4. The minimum absolute atomic E-state index is 0.245. The average Bonchev–Trinajstić information content (AvgIpc) is 2.81. The van der Waals surface area contributed by atoms with Crippen molar-refractivity contribution >= 4 is 5.78 Å². The molecule has 2 aliphatic rings. The number of Topliss-reactive ketones (excluding diaryl/α,β-unsaturated/α-hetero) is 1. The van der Waals surface area contributed by atoms with E-state index in [0.717, 1.165) is 57.7 Å². The lowest BCUT2D eigenvalue weighted by molar-refractivity contribution is -0.118. The van der Waals surface area contributed by atoms with Gasteiger partial charge in [-0.15, -0.1) is 0 Å². The summed E-state index contributed by atoms with van der Waals surface area (Å²) in [4.78, 5) is 14.8. The van der Waals surface area contributed by atoms with Crippen molar-refractivity contribution in [2.75, 3.05) is 32.8 Å². The van der Waals surface area contributed by atoms with Crippen molar-refractivity contribution in [2.45, 2.75) is 51.9 Å². The van der Waals surface area contributed by atoms with Crippen LogP contribution in [0.1, 0.15) is 51.9 Å². The van der Waals surface area contributed by atoms with Gasteiger partial charge in [-0.1, -0.05) is 32.3 Å². The molecule has 0 amide bonds. The fraction of sp³-hybridized carbons (Fsp3) is 0.824. The Morgan fingerprint density at radius 2 is 2.05 bits per heavy atom. The van der Waals surface area contributed by atoms with Gasteiger partial charge < -0.3 is 4.74 Å². The second-order valence-corrected chi connectivity index (χ2v) is 6.09. The van der Waals surface area contributed by atoms with Crippen LogP contribution in [0.3, 0.4) is 0 Å². The smallest absolute Gasteiger partial charge is 0.162 e. The maximum Gasteiger partial charge on any atom is 0.162 e. The Balaban J connectivity index is 1.72. The Bertz CT molecular complexity index is 332. The molecule has 3 nitrogen and oxygen atoms in total. The zero-order valence-corrected chi connectivity index (χ0v) is 12.9. The number of ketones is 1. The van der Waals surface area contributed by atoms with Crippen molar-refractivity contribution < 1.29 is 9.53 Å². The first-order valence-electron chi connectivity index (χ1n) is 8.34. The number of carbonyl (C=O) groups is 1. The van der Waals surface area contributed by atoms with Crippen molar-refractivity contribution in [3.63, 3.8) is 0 Å². The quantitative estimate of drug-likeness (QED) is 0.529. The molecule has 0 aromatic carbocycles. The molecular formula is C17H29NO2. The standard InChI is InChI=1S/C17H29NO2/c1-2-3-4-5-6-7-15-8-9-16(17(15)19)14-18-10-12-20-13-11-18/h7,16H,2-6,8-14H2,1H3/b15-7-. The monoisotopic (exact) mass is 279 g/mol. The summed E-state index contributed by atoms with van der Waals surface area (Å²) in [6.45, 7) is 6.78. The number of hydrogen-bond donors (Lipinski definition) is 0. The van der Waals surface area contributed by atoms with Gasteiger partial charge >= 0.3 is 0 Å². The number of rotatable bonds is 7. The van der Waals surface area contributed by atoms with Crippen LogP contribution in [0.15, 0.2) is 11.6 Å². The summed E-state index contributed by atoms with van der Waals surface area (Å²) in [6.07, 6.45) is 10.5. The fourth-order valence-corrected chi connectivity index (χ4v) is 3.17. The molecule has 1 aliphatic heterocycles. The molecule has 3 heteroatoms. The Kier molecular flexibility index (Phi) is 6.74. The Morgan fingerprint density at radius 3 is 2.80 bits per heavy atom. The molecule has 1 aliphatic carbocycles. The maximum atomic E-state index is 12.4. The molecular weight excluding hydrogens is 250 g/mol. The molecule has 0 spiro atoms. The van der Waals surface area contributed by atoms with Gasteiger partial charge in [-0.05, 0) is 31.3 Å². The number of allylic oxidation sites excluding steroid dienone is 2. The van der Waals surface area contributed by atoms with E-state index in [9.17, 15) is 4.79 Å². The SMILES string of the molecule is CCCCCC/C=C1/CCC(CN2CCOCC2)C1=O. The summed E-state index contributed by atoms with van der Waals surface area (Å²) in [5.41, 5.74) is 1.11. The van der Waals surface area contributed by atoms with E-state index in [-0.39, 0.29) is 5.92 Å². The normalized spacial score (nSPS) is 26.6. The zero-order chi connectivity index (χ0) is 14.2. The molecule has 0 aromatic heterocycles. The van der Waals surface area contributed by atoms with E-state index < -0.39 is 0 Å². The lowest BCUT2D eigenvalue weighted by atomic mass is 10.0. The van der Waals surface area contributed by atoms with Crippen molar-refractivity contribution in [3.05, 3.63) is 11.6 Å². The van der Waals surface area contributed by atoms with Crippen LogP contribution >= 0.6 is 0 Å². The molecule has 1 heterocycles. The summed E-state index contributed by atoms with van der Waals surface area (Å²) in [5, 5.41) is 0. The maximum absolute atomic E-state index is 12.4. The highest BCUT2D eigenvalue weighted by Gasteiger charge is 2.30. The number of carbonyl (C=O) groups excluding carboxylic acids is 1. The lowest BCUT2D eigenvalue weighted by Gasteiger charge is -2.28. The summed E-state index contributed by atoms with van der Waals surface area (Å²) < 4.78 is 5.36. The highest BCUT2D eigenvalue weighted by Crippen LogP contribution is 2.28. The highest BCUT2D eigenvalue weighted by molar-refractivity contribution is 5.99. The molecule has 2 fully saturated rings. The topological polar surface area (TPSA) is 29.5 Å². The van der Waals surface area contributed by atoms with Gasteiger partial charge in [0.2, 0.25) is 0 Å². The Morgan fingerprint density at radius 1 is 1.25 bits per heavy atom. The van der Waals surface area contributed by atoms with E-state index >= 15 is 0 Å². The zero-order valence-electron chi connectivity index (χ0n) is 12.9. The minimum atomic E-state index is 0.245. The summed E-state index contributed by atoms with van der Waals surface area (Å²) >= 11 is 0. The number of ether oxygens (including phenoxy) is 1. The minimum Gasteiger partial charge on any atom is -0.379 e. The van der Waals surface area contributed by atoms with Crippen LogP contribution in [0, 0.1) is 5.92 Å². The summed E-state index contributed by atoms with van der Waals surface area (Å²) in [7, 11) is 0. The molecule has 20 heavy (non-hydrogen) atoms. The number of nitrogens with zero attached hydrogens (tertiary/aromatic N) is 1. The van der Waals surface area contributed by atoms with Gasteiger partial charge in [0.15, 0.2) is 5.78 Å². The van der Waals surface area contributed by atoms with Crippen LogP contribution < -0.4 is 0 Å². The van der Waals surface area contributed by atoms with Gasteiger partial charge in [-0.25, -0.2) is 0 Å². The Hall–Kier alpha value is -0.670. The first kappa shape index (κ1) is 15.7. The molecule has 0 aromatic rings. The van der Waals surface area contributed by atoms with Gasteiger partial charge in [-0.2, -0.15) is 0 Å². The van der Waals surface area contributed by atoms with Crippen LogP contribution in [0.25, 0.3) is 0 Å². The molecule has 0 bridgehead atoms. The molecule has 1 saturated carbocycles. The molecule has 1 atom stereocenters. The van der Waals surface area contributed by atoms with Crippen molar-refractivity contribution in [1.82, 2.24) is 4.90 Å². The molecule has 1 saturated heterocycles. The van der Waals surface area contributed by atoms with Crippen LogP contribution in [0.5, 0.6) is 0 Å². The molecule has 2 rings (SSSR count). The highest BCUT2D eigenvalue weighted by atomic mass is 16.5. The predicted molar refractivity (Wildman–Crippen MR) is 81.8 cm³/mol. The largest absolute Gasteiger partial charge is 0.379 e. The lowest BCUT2D eigenvalue weighted by Crippen LogP contribution is -2.40. The molecule has 1 unspecified atom stereocenters. The average molecular weight is 279 g/mol. The van der Waals surface area contributed by atoms with E-state index in [1.54, 1.807) is 0 Å². The van der Waals surface area contributed by atoms with Crippen molar-refractivity contribution in [1.29, 1.82) is 0 Å². The van der Waals surface area contributed by atoms with Crippen LogP contribution in [-0.2, 0) is 9.53 Å². The van der Waals surface area contributed by atoms with Crippen LogP contribution in [-0.4, -0.2) is 43.5 Å². The van der Waals surface area contributed by atoms with Gasteiger partial charge in [0.1, 0.15) is 0 Å². The summed E-state index contributed by atoms with van der Waals surface area (Å²) in [6, 6.07) is 0. The van der Waals surface area contributed by atoms with E-state index in [1.165, 1.54) is 25.7 Å². The van der Waals surface area contributed by atoms with Crippen LogP contribution in [0.2, 0.25) is 0 Å². The fourth-order valence-electron chi connectivity index (χ4n) is 3.17. The van der Waals surface area contributed by atoms with E-state index in [4.69, 9.17) is 4.74 Å². The molecule has 114 valence electrons. The van der Waals surface area contributed by atoms with E-state index in [1.807, 2.05) is 0 Å². The van der Waals surface area contributed by atoms with E-state index in [2.05, 4.69) is 17.9 Å². The third kappa shape index (κ3) is 4.71. The number of hydrogen-bond acceptors (Lipinski definition) is 3. The number of morpholine rings is 1. The van der Waals surface area contributed by atoms with Crippen molar-refractivity contribution in [3.8, 4) is 0 Å². The molecule has 0 N–H and O–H groups in total. The van der Waals surface area contributed by atoms with Crippen molar-refractivity contribution in [2.24, 2.45) is 5.92 Å². The van der Waals surface area contributed by atoms with Gasteiger partial charge in [0, 0.05) is 25.6 Å². The molecule has 0 radical (unpaired) electrons. The second-order valence-electron chi connectivity index (χ2n) is 6.09. The van der Waals surface area contributed by atoms with Crippen LogP contribution in [0.4, 0.5) is 0 Å². The first-order valence-corrected chi connectivity index (χ1v) is 8.34. The second kappa shape index (κ2) is 8.58. The van der Waals surface area contributed by atoms with Gasteiger partial charge in [-0.3, -0.25) is 9.69 Å². The van der Waals surface area contributed by atoms with Gasteiger partial charge in [0.25, 0.3) is 0 Å². The summed E-state index contributed by atoms with van der Waals surface area (Å²) in [5.74, 6) is 0.668. The third-order valence-corrected chi connectivity index (χ3v) is 4.48. The Labute approximate surface area is 123 Å². The predicted octanol–water partition coefficient (Wildman–Crippen LogP) is 3.19. The van der Waals surface area contributed by atoms with E-state index in [0.29, 0.717) is 5.78 Å². The van der Waals surface area contributed by atoms with Gasteiger partial charge in [0.05, 0.1) is 13.2 Å². The first-order chi connectivity index (χ1) is 9.81. The third-order valence-electron chi connectivity index (χ3n) is 4.48.